The molecule has 106 valence electrons. The van der Waals surface area contributed by atoms with Gasteiger partial charge >= 0.3 is 0 Å². The van der Waals surface area contributed by atoms with Crippen molar-refractivity contribution in [1.82, 2.24) is 5.32 Å². The van der Waals surface area contributed by atoms with Gasteiger partial charge in [0.25, 0.3) is 0 Å². The predicted molar refractivity (Wildman–Crippen MR) is 82.5 cm³/mol. The summed E-state index contributed by atoms with van der Waals surface area (Å²) >= 11 is 9.70. The maximum absolute atomic E-state index is 13.4. The first-order valence-corrected chi connectivity index (χ1v) is 7.71. The molecule has 1 aliphatic rings. The Morgan fingerprint density at radius 3 is 2.74 bits per heavy atom. The summed E-state index contributed by atoms with van der Waals surface area (Å²) in [6, 6.07) is 3.61. The van der Waals surface area contributed by atoms with E-state index in [1.54, 1.807) is 0 Å². The molecule has 2 atom stereocenters. The normalized spacial score (nSPS) is 24.1. The second kappa shape index (κ2) is 5.98. The number of halogens is 3. The van der Waals surface area contributed by atoms with Crippen molar-refractivity contribution in [2.45, 2.75) is 32.9 Å². The molecule has 1 fully saturated rings. The quantitative estimate of drug-likeness (QED) is 0.866. The van der Waals surface area contributed by atoms with Gasteiger partial charge in [-0.2, -0.15) is 0 Å². The first-order valence-electron chi connectivity index (χ1n) is 6.54. The van der Waals surface area contributed by atoms with Gasteiger partial charge in [0.15, 0.2) is 0 Å². The van der Waals surface area contributed by atoms with Crippen LogP contribution in [0.5, 0.6) is 0 Å². The van der Waals surface area contributed by atoms with Gasteiger partial charge in [-0.25, -0.2) is 4.39 Å². The fourth-order valence-corrected chi connectivity index (χ4v) is 3.68. The molecule has 0 radical (unpaired) electrons. The molecule has 19 heavy (non-hydrogen) atoms. The van der Waals surface area contributed by atoms with Gasteiger partial charge in [0.2, 0.25) is 0 Å². The Morgan fingerprint density at radius 1 is 1.47 bits per heavy atom. The summed E-state index contributed by atoms with van der Waals surface area (Å²) in [6.45, 7) is 8.32. The van der Waals surface area contributed by atoms with E-state index in [2.05, 4.69) is 46.9 Å². The van der Waals surface area contributed by atoms with E-state index in [0.29, 0.717) is 23.0 Å². The van der Waals surface area contributed by atoms with Crippen molar-refractivity contribution in [2.75, 3.05) is 18.0 Å². The molecule has 2 nitrogen and oxygen atoms in total. The predicted octanol–water partition coefficient (Wildman–Crippen LogP) is 4.06. The molecule has 0 aromatic heterocycles. The molecule has 0 spiro atoms. The van der Waals surface area contributed by atoms with Crippen molar-refractivity contribution in [3.63, 3.8) is 0 Å². The maximum atomic E-state index is 13.4. The molecule has 1 saturated heterocycles. The fraction of sp³-hybridized carbons (Fsp3) is 0.571. The molecular formula is C14H19BrClFN2. The van der Waals surface area contributed by atoms with Crippen LogP contribution < -0.4 is 10.2 Å². The van der Waals surface area contributed by atoms with Crippen LogP contribution in [0.1, 0.15) is 20.8 Å². The minimum atomic E-state index is -0.315. The van der Waals surface area contributed by atoms with Crippen LogP contribution in [0.3, 0.4) is 0 Å². The second-order valence-corrected chi connectivity index (χ2v) is 6.75. The van der Waals surface area contributed by atoms with Crippen LogP contribution in [0.25, 0.3) is 0 Å². The van der Waals surface area contributed by atoms with Crippen LogP contribution in [-0.4, -0.2) is 25.2 Å². The number of piperazine rings is 1. The zero-order valence-corrected chi connectivity index (χ0v) is 13.7. The summed E-state index contributed by atoms with van der Waals surface area (Å²) in [7, 11) is 0. The topological polar surface area (TPSA) is 15.3 Å². The summed E-state index contributed by atoms with van der Waals surface area (Å²) < 4.78 is 14.1. The first kappa shape index (κ1) is 15.1. The lowest BCUT2D eigenvalue weighted by Gasteiger charge is -2.43. The minimum Gasteiger partial charge on any atom is -0.363 e. The number of anilines is 1. The second-order valence-electron chi connectivity index (χ2n) is 5.49. The van der Waals surface area contributed by atoms with E-state index >= 15 is 0 Å². The van der Waals surface area contributed by atoms with Crippen molar-refractivity contribution < 1.29 is 4.39 Å². The highest BCUT2D eigenvalue weighted by Gasteiger charge is 2.30. The maximum Gasteiger partial charge on any atom is 0.125 e. The molecular weight excluding hydrogens is 331 g/mol. The van der Waals surface area contributed by atoms with Gasteiger partial charge < -0.3 is 10.2 Å². The number of nitrogens with zero attached hydrogens (tertiary/aromatic N) is 1. The van der Waals surface area contributed by atoms with Crippen LogP contribution in [0.4, 0.5) is 10.1 Å². The van der Waals surface area contributed by atoms with Gasteiger partial charge in [0.05, 0.1) is 10.7 Å². The van der Waals surface area contributed by atoms with Crippen LogP contribution in [-0.2, 0) is 0 Å². The smallest absolute Gasteiger partial charge is 0.125 e. The van der Waals surface area contributed by atoms with Crippen LogP contribution in [0.15, 0.2) is 16.6 Å². The third-order valence-electron chi connectivity index (χ3n) is 3.58. The summed E-state index contributed by atoms with van der Waals surface area (Å²) in [4.78, 5) is 2.29. The largest absolute Gasteiger partial charge is 0.363 e. The Balaban J connectivity index is 2.42. The van der Waals surface area contributed by atoms with E-state index in [0.717, 1.165) is 23.2 Å². The van der Waals surface area contributed by atoms with Crippen molar-refractivity contribution in [3.8, 4) is 0 Å². The molecule has 2 unspecified atom stereocenters. The molecule has 5 heteroatoms. The third kappa shape index (κ3) is 3.23. The standard InChI is InChI=1S/C14H19BrClFN2/c1-8(2)13-6-18-9(3)7-19(13)14-11(15)4-10(17)5-12(14)16/h4-5,8-9,13,18H,6-7H2,1-3H3. The number of rotatable bonds is 2. The summed E-state index contributed by atoms with van der Waals surface area (Å²) in [5.41, 5.74) is 0.898. The summed E-state index contributed by atoms with van der Waals surface area (Å²) in [6.07, 6.45) is 0. The molecule has 0 amide bonds. The van der Waals surface area contributed by atoms with Crippen molar-refractivity contribution in [1.29, 1.82) is 0 Å². The number of nitrogens with one attached hydrogen (secondary N) is 1. The lowest BCUT2D eigenvalue weighted by Crippen LogP contribution is -2.57. The SMILES string of the molecule is CC1CN(c2c(Cl)cc(F)cc2Br)C(C(C)C)CN1. The van der Waals surface area contributed by atoms with Gasteiger partial charge in [-0.05, 0) is 40.9 Å². The average molecular weight is 350 g/mol. The van der Waals surface area contributed by atoms with Crippen LogP contribution in [0.2, 0.25) is 5.02 Å². The molecule has 0 bridgehead atoms. The Labute approximate surface area is 127 Å². The summed E-state index contributed by atoms with van der Waals surface area (Å²) in [5, 5.41) is 3.95. The van der Waals surface area contributed by atoms with Gasteiger partial charge in [-0.1, -0.05) is 25.4 Å². The third-order valence-corrected chi connectivity index (χ3v) is 4.48. The monoisotopic (exact) mass is 348 g/mol. The van der Waals surface area contributed by atoms with E-state index < -0.39 is 0 Å². The average Bonchev–Trinajstić information content (AvgIpc) is 2.27. The van der Waals surface area contributed by atoms with Crippen LogP contribution >= 0.6 is 27.5 Å². The molecule has 1 aromatic carbocycles. The minimum absolute atomic E-state index is 0.315. The molecule has 0 aliphatic carbocycles. The van der Waals surface area contributed by atoms with E-state index in [1.807, 2.05) is 0 Å². The highest BCUT2D eigenvalue weighted by atomic mass is 79.9. The lowest BCUT2D eigenvalue weighted by molar-refractivity contribution is 0.349. The molecule has 2 rings (SSSR count). The fourth-order valence-electron chi connectivity index (χ4n) is 2.59. The highest BCUT2D eigenvalue weighted by Crippen LogP contribution is 2.37. The van der Waals surface area contributed by atoms with Gasteiger partial charge in [-0.15, -0.1) is 0 Å². The van der Waals surface area contributed by atoms with Crippen molar-refractivity contribution >= 4 is 33.2 Å². The Kier molecular flexibility index (Phi) is 4.75. The zero-order chi connectivity index (χ0) is 14.2. The summed E-state index contributed by atoms with van der Waals surface area (Å²) in [5.74, 6) is 0.179. The highest BCUT2D eigenvalue weighted by molar-refractivity contribution is 9.10. The van der Waals surface area contributed by atoms with Crippen molar-refractivity contribution in [2.24, 2.45) is 5.92 Å². The number of hydrogen-bond donors (Lipinski definition) is 1. The Bertz CT molecular complexity index is 444. The Morgan fingerprint density at radius 2 is 2.16 bits per heavy atom. The first-order chi connectivity index (χ1) is 8.90. The molecule has 1 heterocycles. The van der Waals surface area contributed by atoms with E-state index in [4.69, 9.17) is 11.6 Å². The van der Waals surface area contributed by atoms with E-state index in [1.165, 1.54) is 12.1 Å². The molecule has 1 aromatic rings. The van der Waals surface area contributed by atoms with Crippen molar-refractivity contribution in [3.05, 3.63) is 27.4 Å². The molecule has 0 saturated carbocycles. The lowest BCUT2D eigenvalue weighted by atomic mass is 9.98. The van der Waals surface area contributed by atoms with Gasteiger partial charge in [0.1, 0.15) is 5.82 Å². The van der Waals surface area contributed by atoms with Crippen LogP contribution in [0, 0.1) is 11.7 Å². The number of hydrogen-bond acceptors (Lipinski definition) is 2. The molecule has 1 aliphatic heterocycles. The zero-order valence-electron chi connectivity index (χ0n) is 11.4. The molecule has 1 N–H and O–H groups in total. The van der Waals surface area contributed by atoms with E-state index in [-0.39, 0.29) is 5.82 Å². The van der Waals surface area contributed by atoms with Gasteiger partial charge in [0, 0.05) is 29.6 Å². The Hall–Kier alpha value is -0.320. The number of benzene rings is 1. The van der Waals surface area contributed by atoms with Gasteiger partial charge in [-0.3, -0.25) is 0 Å². The van der Waals surface area contributed by atoms with E-state index in [9.17, 15) is 4.39 Å².